The van der Waals surface area contributed by atoms with Crippen molar-refractivity contribution in [3.8, 4) is 0 Å². The summed E-state index contributed by atoms with van der Waals surface area (Å²) in [5.74, 6) is 0.691. The van der Waals surface area contributed by atoms with E-state index in [0.29, 0.717) is 5.02 Å². The Morgan fingerprint density at radius 2 is 2.29 bits per heavy atom. The molecule has 0 aliphatic carbocycles. The molecule has 1 aliphatic rings. The van der Waals surface area contributed by atoms with Gasteiger partial charge in [0.05, 0.1) is 12.6 Å². The van der Waals surface area contributed by atoms with Crippen LogP contribution in [0.2, 0.25) is 5.02 Å². The van der Waals surface area contributed by atoms with E-state index in [1.807, 2.05) is 18.2 Å². The molecule has 2 amide bonds. The standard InChI is InChI=1S/C14H17ClN2O3S/c1-2-20-14(19)16-8-13(18)17-11-5-6-21-12-4-3-9(15)7-10(11)12/h3-4,7,11H,2,5-6,8H2,1H3,(H,16,19)(H,17,18). The van der Waals surface area contributed by atoms with Crippen LogP contribution in [0.15, 0.2) is 23.1 Å². The largest absolute Gasteiger partial charge is 0.450 e. The Morgan fingerprint density at radius 1 is 1.48 bits per heavy atom. The van der Waals surface area contributed by atoms with Crippen LogP contribution in [0.3, 0.4) is 0 Å². The second kappa shape index (κ2) is 7.56. The first kappa shape index (κ1) is 16.0. The van der Waals surface area contributed by atoms with E-state index in [9.17, 15) is 9.59 Å². The van der Waals surface area contributed by atoms with Crippen LogP contribution in [0.25, 0.3) is 0 Å². The first-order chi connectivity index (χ1) is 10.1. The first-order valence-corrected chi connectivity index (χ1v) is 8.08. The topological polar surface area (TPSA) is 67.4 Å². The lowest BCUT2D eigenvalue weighted by molar-refractivity contribution is -0.121. The molecule has 1 aliphatic heterocycles. The summed E-state index contributed by atoms with van der Waals surface area (Å²) < 4.78 is 4.70. The Hall–Kier alpha value is -1.40. The highest BCUT2D eigenvalue weighted by molar-refractivity contribution is 7.99. The van der Waals surface area contributed by atoms with Gasteiger partial charge in [-0.3, -0.25) is 4.79 Å². The zero-order chi connectivity index (χ0) is 15.2. The first-order valence-electron chi connectivity index (χ1n) is 6.72. The molecule has 2 N–H and O–H groups in total. The monoisotopic (exact) mass is 328 g/mol. The van der Waals surface area contributed by atoms with Crippen LogP contribution in [0.5, 0.6) is 0 Å². The molecule has 1 aromatic rings. The van der Waals surface area contributed by atoms with Crippen LogP contribution in [0, 0.1) is 0 Å². The molecule has 114 valence electrons. The fourth-order valence-electron chi connectivity index (χ4n) is 2.10. The predicted octanol–water partition coefficient (Wildman–Crippen LogP) is 2.74. The van der Waals surface area contributed by atoms with Gasteiger partial charge in [-0.15, -0.1) is 11.8 Å². The number of carbonyl (C=O) groups excluding carboxylic acids is 2. The van der Waals surface area contributed by atoms with Crippen molar-refractivity contribution in [2.24, 2.45) is 0 Å². The summed E-state index contributed by atoms with van der Waals surface area (Å²) in [5, 5.41) is 5.98. The molecule has 0 radical (unpaired) electrons. The average Bonchev–Trinajstić information content (AvgIpc) is 2.46. The minimum atomic E-state index is -0.588. The van der Waals surface area contributed by atoms with Crippen LogP contribution in [0.4, 0.5) is 4.79 Å². The van der Waals surface area contributed by atoms with Gasteiger partial charge in [-0.1, -0.05) is 11.6 Å². The van der Waals surface area contributed by atoms with Gasteiger partial charge in [-0.05, 0) is 37.1 Å². The number of benzene rings is 1. The van der Waals surface area contributed by atoms with Gasteiger partial charge in [0.15, 0.2) is 0 Å². The number of rotatable bonds is 4. The molecule has 0 saturated heterocycles. The predicted molar refractivity (Wildman–Crippen MR) is 82.7 cm³/mol. The van der Waals surface area contributed by atoms with Crippen molar-refractivity contribution >= 4 is 35.4 Å². The van der Waals surface area contributed by atoms with E-state index in [2.05, 4.69) is 10.6 Å². The SMILES string of the molecule is CCOC(=O)NCC(=O)NC1CCSc2ccc(Cl)cc21. The molecule has 0 aromatic heterocycles. The fraction of sp³-hybridized carbons (Fsp3) is 0.429. The number of alkyl carbamates (subject to hydrolysis) is 1. The fourth-order valence-corrected chi connectivity index (χ4v) is 3.38. The van der Waals surface area contributed by atoms with E-state index in [1.165, 1.54) is 0 Å². The van der Waals surface area contributed by atoms with Gasteiger partial charge in [0.1, 0.15) is 6.54 Å². The minimum Gasteiger partial charge on any atom is -0.450 e. The van der Waals surface area contributed by atoms with E-state index in [4.69, 9.17) is 16.3 Å². The molecule has 0 spiro atoms. The van der Waals surface area contributed by atoms with Crippen LogP contribution in [-0.4, -0.2) is 30.9 Å². The van der Waals surface area contributed by atoms with Gasteiger partial charge in [-0.2, -0.15) is 0 Å². The van der Waals surface area contributed by atoms with Crippen LogP contribution >= 0.6 is 23.4 Å². The third-order valence-corrected chi connectivity index (χ3v) is 4.37. The number of hydrogen-bond acceptors (Lipinski definition) is 4. The Morgan fingerprint density at radius 3 is 3.05 bits per heavy atom. The van der Waals surface area contributed by atoms with Crippen molar-refractivity contribution in [3.05, 3.63) is 28.8 Å². The molecule has 1 heterocycles. The highest BCUT2D eigenvalue weighted by atomic mass is 35.5. The van der Waals surface area contributed by atoms with Gasteiger partial charge >= 0.3 is 6.09 Å². The van der Waals surface area contributed by atoms with Crippen molar-refractivity contribution in [3.63, 3.8) is 0 Å². The summed E-state index contributed by atoms with van der Waals surface area (Å²) in [7, 11) is 0. The molecule has 1 atom stereocenters. The van der Waals surface area contributed by atoms with E-state index in [0.717, 1.165) is 22.6 Å². The molecule has 1 aromatic carbocycles. The summed E-state index contributed by atoms with van der Waals surface area (Å²) in [6, 6.07) is 5.63. The normalized spacial score (nSPS) is 16.8. The van der Waals surface area contributed by atoms with Crippen LogP contribution < -0.4 is 10.6 Å². The zero-order valence-electron chi connectivity index (χ0n) is 11.6. The molecular formula is C14H17ClN2O3S. The number of thioether (sulfide) groups is 1. The number of amides is 2. The number of hydrogen-bond donors (Lipinski definition) is 2. The molecular weight excluding hydrogens is 312 g/mol. The van der Waals surface area contributed by atoms with Crippen molar-refractivity contribution in [1.82, 2.24) is 10.6 Å². The summed E-state index contributed by atoms with van der Waals surface area (Å²) in [5.41, 5.74) is 1.03. The highest BCUT2D eigenvalue weighted by Crippen LogP contribution is 2.37. The third-order valence-electron chi connectivity index (χ3n) is 3.02. The molecule has 21 heavy (non-hydrogen) atoms. The molecule has 0 fully saturated rings. The smallest absolute Gasteiger partial charge is 0.407 e. The number of nitrogens with one attached hydrogen (secondary N) is 2. The van der Waals surface area contributed by atoms with Crippen LogP contribution in [0.1, 0.15) is 24.9 Å². The van der Waals surface area contributed by atoms with Gasteiger partial charge < -0.3 is 15.4 Å². The lowest BCUT2D eigenvalue weighted by Crippen LogP contribution is -2.39. The average molecular weight is 329 g/mol. The van der Waals surface area contributed by atoms with Crippen molar-refractivity contribution in [2.75, 3.05) is 18.9 Å². The van der Waals surface area contributed by atoms with E-state index >= 15 is 0 Å². The number of fused-ring (bicyclic) bond motifs is 1. The van der Waals surface area contributed by atoms with E-state index in [-0.39, 0.29) is 25.1 Å². The van der Waals surface area contributed by atoms with E-state index < -0.39 is 6.09 Å². The Bertz CT molecular complexity index is 539. The van der Waals surface area contributed by atoms with Crippen LogP contribution in [-0.2, 0) is 9.53 Å². The summed E-state index contributed by atoms with van der Waals surface area (Å²) in [6.07, 6.45) is 0.249. The number of halogens is 1. The molecule has 0 saturated carbocycles. The maximum atomic E-state index is 11.9. The molecule has 2 rings (SSSR count). The summed E-state index contributed by atoms with van der Waals surface area (Å²) in [4.78, 5) is 24.2. The second-order valence-electron chi connectivity index (χ2n) is 4.51. The molecule has 0 bridgehead atoms. The number of ether oxygens (including phenoxy) is 1. The Balaban J connectivity index is 1.93. The van der Waals surface area contributed by atoms with Gasteiger partial charge in [-0.25, -0.2) is 4.79 Å². The summed E-state index contributed by atoms with van der Waals surface area (Å²) in [6.45, 7) is 1.89. The highest BCUT2D eigenvalue weighted by Gasteiger charge is 2.22. The zero-order valence-corrected chi connectivity index (χ0v) is 13.2. The van der Waals surface area contributed by atoms with Gasteiger partial charge in [0.25, 0.3) is 0 Å². The van der Waals surface area contributed by atoms with Crippen molar-refractivity contribution < 1.29 is 14.3 Å². The van der Waals surface area contributed by atoms with Gasteiger partial charge in [0, 0.05) is 15.7 Å². The van der Waals surface area contributed by atoms with Crippen molar-refractivity contribution in [1.29, 1.82) is 0 Å². The third kappa shape index (κ3) is 4.54. The molecule has 7 heteroatoms. The maximum Gasteiger partial charge on any atom is 0.407 e. The van der Waals surface area contributed by atoms with Crippen molar-refractivity contribution in [2.45, 2.75) is 24.3 Å². The summed E-state index contributed by atoms with van der Waals surface area (Å²) >= 11 is 7.77. The van der Waals surface area contributed by atoms with E-state index in [1.54, 1.807) is 18.7 Å². The Labute approximate surface area is 132 Å². The number of carbonyl (C=O) groups is 2. The maximum absolute atomic E-state index is 11.9. The second-order valence-corrected chi connectivity index (χ2v) is 6.09. The Kier molecular flexibility index (Phi) is 5.76. The molecule has 5 nitrogen and oxygen atoms in total. The van der Waals surface area contributed by atoms with Gasteiger partial charge in [0.2, 0.25) is 5.91 Å². The lowest BCUT2D eigenvalue weighted by atomic mass is 10.0. The molecule has 1 unspecified atom stereocenters. The minimum absolute atomic E-state index is 0.0727. The quantitative estimate of drug-likeness (QED) is 0.891. The lowest BCUT2D eigenvalue weighted by Gasteiger charge is -2.26.